The van der Waals surface area contributed by atoms with Gasteiger partial charge in [-0.15, -0.1) is 0 Å². The van der Waals surface area contributed by atoms with Crippen LogP contribution >= 0.6 is 0 Å². The lowest BCUT2D eigenvalue weighted by Crippen LogP contribution is -2.39. The van der Waals surface area contributed by atoms with E-state index in [-0.39, 0.29) is 24.2 Å². The lowest BCUT2D eigenvalue weighted by Gasteiger charge is -2.36. The van der Waals surface area contributed by atoms with Gasteiger partial charge >= 0.3 is 0 Å². The van der Waals surface area contributed by atoms with Crippen LogP contribution < -0.4 is 0 Å². The Morgan fingerprint density at radius 2 is 1.97 bits per heavy atom. The molecule has 3 N–H and O–H groups in total. The fourth-order valence-corrected chi connectivity index (χ4v) is 5.90. The third-order valence-corrected chi connectivity index (χ3v) is 7.60. The first-order chi connectivity index (χ1) is 17.9. The van der Waals surface area contributed by atoms with Crippen LogP contribution in [0.3, 0.4) is 0 Å². The quantitative estimate of drug-likeness (QED) is 0.330. The molecule has 2 amide bonds. The van der Waals surface area contributed by atoms with E-state index in [1.165, 1.54) is 4.90 Å². The van der Waals surface area contributed by atoms with Crippen molar-refractivity contribution in [3.05, 3.63) is 71.1 Å². The first-order valence-electron chi connectivity index (χ1n) is 13.2. The van der Waals surface area contributed by atoms with Gasteiger partial charge in [0, 0.05) is 18.7 Å². The van der Waals surface area contributed by atoms with E-state index in [4.69, 9.17) is 0 Å². The molecule has 0 bridgehead atoms. The number of rotatable bonds is 10. The maximum atomic E-state index is 13.2. The van der Waals surface area contributed by atoms with Gasteiger partial charge in [0.05, 0.1) is 30.2 Å². The Bertz CT molecular complexity index is 1190. The Morgan fingerprint density at radius 3 is 2.62 bits per heavy atom. The number of carbonyl (C=O) groups is 2. The number of likely N-dealkylation sites (tertiary alicyclic amines) is 1. The molecule has 1 fully saturated rings. The number of aromatic hydroxyl groups is 1. The maximum Gasteiger partial charge on any atom is 0.233 e. The van der Waals surface area contributed by atoms with E-state index in [1.54, 1.807) is 24.4 Å². The predicted octanol–water partition coefficient (Wildman–Crippen LogP) is 4.20. The van der Waals surface area contributed by atoms with Crippen LogP contribution in [0.2, 0.25) is 0 Å². The second-order valence-electron chi connectivity index (χ2n) is 9.90. The van der Waals surface area contributed by atoms with E-state index in [0.717, 1.165) is 22.4 Å². The number of aliphatic hydroxyl groups excluding tert-OH is 2. The number of imide groups is 1. The number of fused-ring (bicyclic) bond motifs is 1. The number of aromatic nitrogens is 1. The molecule has 2 aliphatic rings. The normalized spacial score (nSPS) is 23.0. The Labute approximate surface area is 218 Å². The average Bonchev–Trinajstić information content (AvgIpc) is 3.15. The number of pyridine rings is 1. The smallest absolute Gasteiger partial charge is 0.233 e. The minimum atomic E-state index is -0.868. The first kappa shape index (κ1) is 26.8. The highest BCUT2D eigenvalue weighted by atomic mass is 16.3. The molecule has 0 unspecified atom stereocenters. The number of allylic oxidation sites excluding steroid dienone is 2. The number of amides is 2. The molecule has 7 nitrogen and oxygen atoms in total. The molecule has 1 aromatic heterocycles. The molecule has 0 saturated carbocycles. The van der Waals surface area contributed by atoms with Crippen LogP contribution in [0.25, 0.3) is 11.6 Å². The highest BCUT2D eigenvalue weighted by Gasteiger charge is 2.54. The van der Waals surface area contributed by atoms with Gasteiger partial charge in [-0.2, -0.15) is 0 Å². The van der Waals surface area contributed by atoms with Crippen LogP contribution in [0.1, 0.15) is 57.2 Å². The SMILES string of the molecule is CCCN1C(=O)[C@@H]2[C@@H](CC(CC)=C([C@H](O)CC/C(=C/c3cccc(O)c3)c3ccccn3)[C@@H]2CO)C1=O. The lowest BCUT2D eigenvalue weighted by atomic mass is 9.67. The van der Waals surface area contributed by atoms with Crippen LogP contribution in [0.5, 0.6) is 5.75 Å². The summed E-state index contributed by atoms with van der Waals surface area (Å²) in [6.45, 7) is 4.02. The van der Waals surface area contributed by atoms with E-state index < -0.39 is 23.9 Å². The zero-order valence-electron chi connectivity index (χ0n) is 21.5. The summed E-state index contributed by atoms with van der Waals surface area (Å²) in [6, 6.07) is 12.6. The molecule has 7 heteroatoms. The number of carbonyl (C=O) groups excluding carboxylic acids is 2. The summed E-state index contributed by atoms with van der Waals surface area (Å²) < 4.78 is 0. The van der Waals surface area contributed by atoms with Crippen LogP contribution in [-0.4, -0.2) is 56.3 Å². The molecule has 0 spiro atoms. The van der Waals surface area contributed by atoms with Crippen LogP contribution in [0, 0.1) is 17.8 Å². The molecule has 4 rings (SSSR count). The fraction of sp³-hybridized carbons (Fsp3) is 0.433. The van der Waals surface area contributed by atoms with Gasteiger partial charge in [-0.3, -0.25) is 19.5 Å². The summed E-state index contributed by atoms with van der Waals surface area (Å²) in [7, 11) is 0. The van der Waals surface area contributed by atoms with Gasteiger partial charge in [-0.05, 0) is 79.2 Å². The summed E-state index contributed by atoms with van der Waals surface area (Å²) in [6.07, 6.45) is 5.44. The summed E-state index contributed by atoms with van der Waals surface area (Å²) >= 11 is 0. The van der Waals surface area contributed by atoms with Gasteiger partial charge in [-0.25, -0.2) is 0 Å². The molecule has 0 radical (unpaired) electrons. The highest BCUT2D eigenvalue weighted by Crippen LogP contribution is 2.47. The number of nitrogens with zero attached hydrogens (tertiary/aromatic N) is 2. The topological polar surface area (TPSA) is 111 Å². The minimum Gasteiger partial charge on any atom is -0.508 e. The number of hydrogen-bond donors (Lipinski definition) is 3. The van der Waals surface area contributed by atoms with Crippen molar-refractivity contribution in [2.45, 2.75) is 52.1 Å². The Balaban J connectivity index is 1.61. The number of aliphatic hydroxyl groups is 2. The number of phenolic OH excluding ortho intramolecular Hbond substituents is 1. The van der Waals surface area contributed by atoms with Gasteiger partial charge in [0.15, 0.2) is 0 Å². The summed E-state index contributed by atoms with van der Waals surface area (Å²) in [4.78, 5) is 32.1. The monoisotopic (exact) mass is 504 g/mol. The fourth-order valence-electron chi connectivity index (χ4n) is 5.90. The third kappa shape index (κ3) is 5.53. The standard InChI is InChI=1S/C30H36N2O5/c1-3-14-32-29(36)23-17-20(4-2)27(24(18-33)28(23)30(32)37)26(35)12-11-21(25-10-5-6-13-31-25)15-19-8-7-9-22(34)16-19/h5-10,13,15-16,23-24,26,28,33-35H,3-4,11-12,14,17-18H2,1-2H3/b21-15-/t23-,24+,26-,28-/m1/s1. The molecule has 2 heterocycles. The number of hydrogen-bond acceptors (Lipinski definition) is 6. The summed E-state index contributed by atoms with van der Waals surface area (Å²) in [5, 5.41) is 31.7. The van der Waals surface area contributed by atoms with E-state index in [1.807, 2.05) is 44.2 Å². The zero-order valence-corrected chi connectivity index (χ0v) is 21.5. The molecule has 1 aliphatic heterocycles. The van der Waals surface area contributed by atoms with Crippen molar-refractivity contribution in [3.63, 3.8) is 0 Å². The molecule has 4 atom stereocenters. The molecule has 1 saturated heterocycles. The molecule has 2 aromatic rings. The van der Waals surface area contributed by atoms with Crippen LogP contribution in [0.15, 0.2) is 59.8 Å². The number of benzene rings is 1. The molecular weight excluding hydrogens is 468 g/mol. The highest BCUT2D eigenvalue weighted by molar-refractivity contribution is 6.05. The van der Waals surface area contributed by atoms with Crippen molar-refractivity contribution >= 4 is 23.5 Å². The van der Waals surface area contributed by atoms with Gasteiger partial charge < -0.3 is 15.3 Å². The third-order valence-electron chi connectivity index (χ3n) is 7.60. The van der Waals surface area contributed by atoms with E-state index in [2.05, 4.69) is 4.98 Å². The van der Waals surface area contributed by atoms with Crippen molar-refractivity contribution in [1.29, 1.82) is 0 Å². The van der Waals surface area contributed by atoms with Gasteiger partial charge in [0.25, 0.3) is 0 Å². The largest absolute Gasteiger partial charge is 0.508 e. The molecule has 1 aromatic carbocycles. The molecule has 1 aliphatic carbocycles. The average molecular weight is 505 g/mol. The van der Waals surface area contributed by atoms with Gasteiger partial charge in [-0.1, -0.05) is 37.6 Å². The van der Waals surface area contributed by atoms with Crippen LogP contribution in [-0.2, 0) is 9.59 Å². The van der Waals surface area contributed by atoms with Crippen molar-refractivity contribution in [1.82, 2.24) is 9.88 Å². The maximum absolute atomic E-state index is 13.2. The molecule has 196 valence electrons. The Morgan fingerprint density at radius 1 is 1.16 bits per heavy atom. The summed E-state index contributed by atoms with van der Waals surface area (Å²) in [5.41, 5.74) is 4.17. The van der Waals surface area contributed by atoms with Crippen molar-refractivity contribution in [2.24, 2.45) is 17.8 Å². The van der Waals surface area contributed by atoms with Gasteiger partial charge in [0.1, 0.15) is 5.75 Å². The second kappa shape index (κ2) is 11.8. The minimum absolute atomic E-state index is 0.152. The summed E-state index contributed by atoms with van der Waals surface area (Å²) in [5.74, 6) is -1.87. The molecule has 37 heavy (non-hydrogen) atoms. The van der Waals surface area contributed by atoms with Crippen molar-refractivity contribution in [2.75, 3.05) is 13.2 Å². The van der Waals surface area contributed by atoms with E-state index >= 15 is 0 Å². The van der Waals surface area contributed by atoms with Crippen molar-refractivity contribution < 1.29 is 24.9 Å². The van der Waals surface area contributed by atoms with E-state index in [9.17, 15) is 24.9 Å². The lowest BCUT2D eigenvalue weighted by molar-refractivity contribution is -0.140. The Kier molecular flexibility index (Phi) is 8.56. The second-order valence-corrected chi connectivity index (χ2v) is 9.90. The van der Waals surface area contributed by atoms with Gasteiger partial charge in [0.2, 0.25) is 11.8 Å². The zero-order chi connectivity index (χ0) is 26.5. The predicted molar refractivity (Wildman–Crippen MR) is 142 cm³/mol. The Hall–Kier alpha value is -3.29. The van der Waals surface area contributed by atoms with Crippen LogP contribution in [0.4, 0.5) is 0 Å². The number of phenols is 1. The first-order valence-corrected chi connectivity index (χ1v) is 13.2. The van der Waals surface area contributed by atoms with E-state index in [0.29, 0.717) is 44.2 Å². The molecular formula is C30H36N2O5. The van der Waals surface area contributed by atoms with Crippen molar-refractivity contribution in [3.8, 4) is 5.75 Å².